The summed E-state index contributed by atoms with van der Waals surface area (Å²) in [7, 11) is 0. The van der Waals surface area contributed by atoms with Crippen molar-refractivity contribution in [3.63, 3.8) is 0 Å². The molecule has 0 spiro atoms. The summed E-state index contributed by atoms with van der Waals surface area (Å²) in [6.45, 7) is 1.69. The van der Waals surface area contributed by atoms with Gasteiger partial charge in [0.05, 0.1) is 0 Å². The first-order valence-electron chi connectivity index (χ1n) is 4.95. The summed E-state index contributed by atoms with van der Waals surface area (Å²) in [5.41, 5.74) is 1.03. The van der Waals surface area contributed by atoms with Gasteiger partial charge in [-0.1, -0.05) is 36.8 Å². The third kappa shape index (κ3) is 1.27. The summed E-state index contributed by atoms with van der Waals surface area (Å²) in [4.78, 5) is 0. The summed E-state index contributed by atoms with van der Waals surface area (Å²) in [6.07, 6.45) is 2.47. The molecule has 0 radical (unpaired) electrons. The zero-order valence-corrected chi connectivity index (χ0v) is 7.96. The van der Waals surface area contributed by atoms with Gasteiger partial charge >= 0.3 is 0 Å². The van der Waals surface area contributed by atoms with Crippen LogP contribution in [0, 0.1) is 0 Å². The van der Waals surface area contributed by atoms with Crippen LogP contribution in [0.1, 0.15) is 31.7 Å². The first-order chi connectivity index (χ1) is 6.26. The summed E-state index contributed by atoms with van der Waals surface area (Å²) >= 11 is 0. The van der Waals surface area contributed by atoms with E-state index in [1.807, 2.05) is 18.2 Å². The number of benzene rings is 1. The van der Waals surface area contributed by atoms with E-state index in [0.29, 0.717) is 0 Å². The Hall–Kier alpha value is -0.850. The fourth-order valence-corrected chi connectivity index (χ4v) is 2.24. The van der Waals surface area contributed by atoms with Crippen molar-refractivity contribution in [2.24, 2.45) is 0 Å². The molecule has 1 aromatic carbocycles. The lowest BCUT2D eigenvalue weighted by Gasteiger charge is -2.43. The van der Waals surface area contributed by atoms with Gasteiger partial charge in [-0.25, -0.2) is 4.39 Å². The summed E-state index contributed by atoms with van der Waals surface area (Å²) in [5.74, 6) is 0. The van der Waals surface area contributed by atoms with Gasteiger partial charge in [0.25, 0.3) is 0 Å². The molecule has 0 nitrogen and oxygen atoms in total. The minimum Gasteiger partial charge on any atom is -0.247 e. The van der Waals surface area contributed by atoms with E-state index in [9.17, 15) is 4.39 Å². The van der Waals surface area contributed by atoms with E-state index in [0.717, 1.165) is 12.8 Å². The first-order valence-corrected chi connectivity index (χ1v) is 4.95. The Bertz CT molecular complexity index is 272. The Kier molecular flexibility index (Phi) is 2.10. The number of hydrogen-bond acceptors (Lipinski definition) is 0. The highest BCUT2D eigenvalue weighted by Gasteiger charge is 2.43. The maximum Gasteiger partial charge on any atom is 0.107 e. The smallest absolute Gasteiger partial charge is 0.107 e. The quantitative estimate of drug-likeness (QED) is 0.650. The molecule has 1 unspecified atom stereocenters. The van der Waals surface area contributed by atoms with Crippen molar-refractivity contribution in [1.82, 2.24) is 0 Å². The van der Waals surface area contributed by atoms with Crippen LogP contribution in [0.3, 0.4) is 0 Å². The Morgan fingerprint density at radius 2 is 1.85 bits per heavy atom. The van der Waals surface area contributed by atoms with E-state index < -0.39 is 6.17 Å². The second kappa shape index (κ2) is 3.13. The van der Waals surface area contributed by atoms with Crippen LogP contribution in [0.25, 0.3) is 0 Å². The van der Waals surface area contributed by atoms with Gasteiger partial charge in [0, 0.05) is 5.41 Å². The van der Waals surface area contributed by atoms with Crippen LogP contribution in [0.15, 0.2) is 30.3 Å². The van der Waals surface area contributed by atoms with E-state index in [2.05, 4.69) is 12.1 Å². The van der Waals surface area contributed by atoms with Crippen molar-refractivity contribution in [1.29, 1.82) is 0 Å². The van der Waals surface area contributed by atoms with Crippen LogP contribution in [0.5, 0.6) is 0 Å². The number of alkyl halides is 1. The second-order valence-corrected chi connectivity index (χ2v) is 3.99. The zero-order chi connectivity index (χ0) is 9.31. The summed E-state index contributed by atoms with van der Waals surface area (Å²) in [6, 6.07) is 10.1. The summed E-state index contributed by atoms with van der Waals surface area (Å²) < 4.78 is 13.5. The monoisotopic (exact) mass is 178 g/mol. The largest absolute Gasteiger partial charge is 0.247 e. The van der Waals surface area contributed by atoms with E-state index >= 15 is 0 Å². The molecule has 0 N–H and O–H groups in total. The highest BCUT2D eigenvalue weighted by atomic mass is 19.1. The van der Waals surface area contributed by atoms with Crippen molar-refractivity contribution < 1.29 is 4.39 Å². The van der Waals surface area contributed by atoms with Gasteiger partial charge in [-0.15, -0.1) is 0 Å². The van der Waals surface area contributed by atoms with E-state index in [1.54, 1.807) is 6.92 Å². The van der Waals surface area contributed by atoms with Gasteiger partial charge in [0.15, 0.2) is 0 Å². The van der Waals surface area contributed by atoms with Crippen molar-refractivity contribution in [2.75, 3.05) is 0 Å². The SMILES string of the molecule is CC(F)C1(c2ccccc2)CCC1. The Morgan fingerprint density at radius 1 is 1.23 bits per heavy atom. The molecule has 1 aliphatic rings. The molecule has 0 amide bonds. The molecule has 1 atom stereocenters. The van der Waals surface area contributed by atoms with Crippen LogP contribution in [0.2, 0.25) is 0 Å². The number of rotatable bonds is 2. The zero-order valence-electron chi connectivity index (χ0n) is 7.96. The van der Waals surface area contributed by atoms with Crippen molar-refractivity contribution in [2.45, 2.75) is 37.8 Å². The number of hydrogen-bond donors (Lipinski definition) is 0. The molecule has 13 heavy (non-hydrogen) atoms. The normalized spacial score (nSPS) is 22.0. The van der Waals surface area contributed by atoms with Crippen molar-refractivity contribution in [3.8, 4) is 0 Å². The molecular formula is C12H15F. The van der Waals surface area contributed by atoms with Crippen LogP contribution in [0.4, 0.5) is 4.39 Å². The average Bonchev–Trinajstić information content (AvgIpc) is 2.03. The van der Waals surface area contributed by atoms with E-state index in [1.165, 1.54) is 12.0 Å². The predicted molar refractivity (Wildman–Crippen MR) is 52.5 cm³/mol. The third-order valence-corrected chi connectivity index (χ3v) is 3.36. The van der Waals surface area contributed by atoms with Gasteiger partial charge in [0.1, 0.15) is 6.17 Å². The molecule has 70 valence electrons. The highest BCUT2D eigenvalue weighted by Crippen LogP contribution is 2.47. The standard InChI is InChI=1S/C12H15F/c1-10(13)12(8-5-9-12)11-6-3-2-4-7-11/h2-4,6-7,10H,5,8-9H2,1H3. The number of halogens is 1. The van der Waals surface area contributed by atoms with Gasteiger partial charge in [-0.3, -0.25) is 0 Å². The Balaban J connectivity index is 2.32. The van der Waals surface area contributed by atoms with Crippen LogP contribution < -0.4 is 0 Å². The van der Waals surface area contributed by atoms with Crippen molar-refractivity contribution in [3.05, 3.63) is 35.9 Å². The second-order valence-electron chi connectivity index (χ2n) is 3.99. The Morgan fingerprint density at radius 3 is 2.23 bits per heavy atom. The molecule has 2 rings (SSSR count). The lowest BCUT2D eigenvalue weighted by molar-refractivity contribution is 0.114. The van der Waals surface area contributed by atoms with Crippen LogP contribution >= 0.6 is 0 Å². The molecule has 0 heterocycles. The minimum atomic E-state index is -0.719. The lowest BCUT2D eigenvalue weighted by atomic mass is 9.62. The fourth-order valence-electron chi connectivity index (χ4n) is 2.24. The van der Waals surface area contributed by atoms with Crippen LogP contribution in [-0.4, -0.2) is 6.17 Å². The lowest BCUT2D eigenvalue weighted by Crippen LogP contribution is -2.41. The fraction of sp³-hybridized carbons (Fsp3) is 0.500. The van der Waals surface area contributed by atoms with Gasteiger partial charge in [-0.2, -0.15) is 0 Å². The van der Waals surface area contributed by atoms with Gasteiger partial charge < -0.3 is 0 Å². The Labute approximate surface area is 78.8 Å². The van der Waals surface area contributed by atoms with Crippen LogP contribution in [-0.2, 0) is 5.41 Å². The average molecular weight is 178 g/mol. The molecule has 1 fully saturated rings. The first kappa shape index (κ1) is 8.74. The molecule has 0 aromatic heterocycles. The third-order valence-electron chi connectivity index (χ3n) is 3.36. The molecule has 1 heteroatoms. The maximum atomic E-state index is 13.5. The van der Waals surface area contributed by atoms with Crippen molar-refractivity contribution >= 4 is 0 Å². The molecule has 0 aliphatic heterocycles. The van der Waals surface area contributed by atoms with Gasteiger partial charge in [-0.05, 0) is 25.3 Å². The summed E-state index contributed by atoms with van der Waals surface area (Å²) in [5, 5.41) is 0. The van der Waals surface area contributed by atoms with Gasteiger partial charge in [0.2, 0.25) is 0 Å². The molecule has 1 aliphatic carbocycles. The minimum absolute atomic E-state index is 0.152. The topological polar surface area (TPSA) is 0 Å². The molecule has 1 saturated carbocycles. The predicted octanol–water partition coefficient (Wildman–Crippen LogP) is 3.47. The highest BCUT2D eigenvalue weighted by molar-refractivity contribution is 5.29. The molecule has 1 aromatic rings. The molecule has 0 bridgehead atoms. The van der Waals surface area contributed by atoms with E-state index in [-0.39, 0.29) is 5.41 Å². The van der Waals surface area contributed by atoms with E-state index in [4.69, 9.17) is 0 Å². The molecule has 0 saturated heterocycles. The maximum absolute atomic E-state index is 13.5. The molecular weight excluding hydrogens is 163 g/mol.